The van der Waals surface area contributed by atoms with Gasteiger partial charge in [-0.1, -0.05) is 26.0 Å². The second-order valence-corrected chi connectivity index (χ2v) is 19.0. The van der Waals surface area contributed by atoms with Crippen LogP contribution in [0.4, 0.5) is 9.18 Å². The van der Waals surface area contributed by atoms with Gasteiger partial charge in [-0.05, 0) is 63.5 Å². The summed E-state index contributed by atoms with van der Waals surface area (Å²) >= 11 is 1.68. The first-order valence-electron chi connectivity index (χ1n) is 18.4. The molecule has 16 heteroatoms. The molecule has 2 saturated heterocycles. The summed E-state index contributed by atoms with van der Waals surface area (Å²) < 4.78 is 55.1. The number of likely N-dealkylation sites (N-methyl/N-ethyl adjacent to an activating group) is 1. The molecule has 2 aromatic rings. The van der Waals surface area contributed by atoms with Crippen LogP contribution >= 0.6 is 11.8 Å². The Bertz CT molecular complexity index is 1940. The maximum atomic E-state index is 15.8. The zero-order valence-electron chi connectivity index (χ0n) is 30.8. The smallest absolute Gasteiger partial charge is 0.319 e. The van der Waals surface area contributed by atoms with Gasteiger partial charge in [-0.3, -0.25) is 19.6 Å². The fraction of sp³-hybridized carbons (Fsp3) is 0.622. The van der Waals surface area contributed by atoms with E-state index in [-0.39, 0.29) is 48.0 Å². The number of benzene rings is 1. The lowest BCUT2D eigenvalue weighted by atomic mass is 10.1. The van der Waals surface area contributed by atoms with Crippen molar-refractivity contribution < 1.29 is 36.7 Å². The molecule has 2 aliphatic carbocycles. The molecule has 5 aliphatic rings. The minimum Gasteiger partial charge on any atom is -0.494 e. The molecule has 2 saturated carbocycles. The van der Waals surface area contributed by atoms with Gasteiger partial charge in [0, 0.05) is 49.2 Å². The van der Waals surface area contributed by atoms with Crippen LogP contribution in [0.15, 0.2) is 30.4 Å². The molecule has 3 N–H and O–H groups in total. The Kier molecular flexibility index (Phi) is 10.1. The first-order chi connectivity index (χ1) is 25.2. The quantitative estimate of drug-likeness (QED) is 0.332. The molecule has 4 fully saturated rings. The van der Waals surface area contributed by atoms with Crippen molar-refractivity contribution in [1.29, 1.82) is 0 Å². The number of nitrogens with zero attached hydrogens (tertiary/aromatic N) is 3. The van der Waals surface area contributed by atoms with Crippen molar-refractivity contribution in [3.05, 3.63) is 41.9 Å². The number of carbonyl (C=O) groups is 3. The molecule has 0 radical (unpaired) electrons. The average Bonchev–Trinajstić information content (AvgIpc) is 3.89. The first-order valence-corrected chi connectivity index (χ1v) is 21.0. The summed E-state index contributed by atoms with van der Waals surface area (Å²) in [5, 5.41) is 6.68. The number of hydrogen-bond donors (Lipinski definition) is 3. The van der Waals surface area contributed by atoms with Gasteiger partial charge in [0.25, 0.3) is 5.91 Å². The lowest BCUT2D eigenvalue weighted by Gasteiger charge is -2.30. The Morgan fingerprint density at radius 2 is 1.96 bits per heavy atom. The molecule has 53 heavy (non-hydrogen) atoms. The van der Waals surface area contributed by atoms with E-state index in [0.717, 1.165) is 18.6 Å². The van der Waals surface area contributed by atoms with Crippen molar-refractivity contribution in [1.82, 2.24) is 30.1 Å². The van der Waals surface area contributed by atoms with Crippen molar-refractivity contribution in [3.8, 4) is 11.5 Å². The molecular weight excluding hydrogens is 724 g/mol. The number of methoxy groups -OCH3 is 1. The van der Waals surface area contributed by atoms with Gasteiger partial charge in [-0.2, -0.15) is 0 Å². The number of urea groups is 1. The number of hydrogen-bond acceptors (Lipinski definition) is 10. The number of pyridine rings is 1. The summed E-state index contributed by atoms with van der Waals surface area (Å²) in [6.45, 7) is 6.37. The summed E-state index contributed by atoms with van der Waals surface area (Å²) in [7, 11) is -0.860. The Morgan fingerprint density at radius 3 is 2.66 bits per heavy atom. The van der Waals surface area contributed by atoms with Gasteiger partial charge in [0.15, 0.2) is 11.6 Å². The Morgan fingerprint density at radius 1 is 1.19 bits per heavy atom. The highest BCUT2D eigenvalue weighted by Crippen LogP contribution is 2.48. The molecule has 1 aromatic heterocycles. The largest absolute Gasteiger partial charge is 0.494 e. The van der Waals surface area contributed by atoms with Gasteiger partial charge < -0.3 is 24.6 Å². The van der Waals surface area contributed by atoms with Gasteiger partial charge in [-0.15, -0.1) is 11.8 Å². The minimum atomic E-state index is -3.96. The number of sulfonamides is 1. The Labute approximate surface area is 314 Å². The number of fused-ring (bicyclic) bond motifs is 3. The number of carbonyl (C=O) groups excluding carboxylic acids is 3. The lowest BCUT2D eigenvalue weighted by Crippen LogP contribution is -2.58. The zero-order valence-corrected chi connectivity index (χ0v) is 32.4. The summed E-state index contributed by atoms with van der Waals surface area (Å²) in [5.74, 6) is -0.406. The van der Waals surface area contributed by atoms with E-state index < -0.39 is 56.1 Å². The van der Waals surface area contributed by atoms with Crippen LogP contribution < -0.4 is 24.8 Å². The molecule has 6 atom stereocenters. The minimum absolute atomic E-state index is 0.00566. The first kappa shape index (κ1) is 37.7. The molecule has 288 valence electrons. The maximum Gasteiger partial charge on any atom is 0.319 e. The standard InChI is InChI=1S/C37H49FN6O7S2/c1-21(2)26-20-52-32(40-26)25-17-29(24-11-12-28(50-5)30(38)31(24)39-25)51-23-16-27-33(45)43(4)15-9-7-6-8-10-22-18-37(22,41-35(47)44(27)19-23)34(46)42-53(48,49)36(3)13-14-36/h8,10-12,17,21-23,26-27,32,40H,6-7,9,13-16,18-20H2,1-5H3,(H,41,47)(H,42,46)/b10-8-/t22-,23+,26?,27+,32?,37-/m1/s1. The van der Waals surface area contributed by atoms with Crippen molar-refractivity contribution in [3.63, 3.8) is 0 Å². The van der Waals surface area contributed by atoms with Crippen LogP contribution in [-0.2, 0) is 19.6 Å². The number of allylic oxidation sites excluding steroid dienone is 1. The van der Waals surface area contributed by atoms with Gasteiger partial charge in [0.2, 0.25) is 15.9 Å². The number of ether oxygens (including phenoxy) is 2. The van der Waals surface area contributed by atoms with Gasteiger partial charge in [-0.25, -0.2) is 22.6 Å². The van der Waals surface area contributed by atoms with E-state index in [1.54, 1.807) is 42.8 Å². The normalized spacial score (nSPS) is 30.7. The number of aromatic nitrogens is 1. The fourth-order valence-corrected chi connectivity index (χ4v) is 10.2. The second kappa shape index (κ2) is 14.2. The van der Waals surface area contributed by atoms with Crippen LogP contribution in [0.1, 0.15) is 76.8 Å². The van der Waals surface area contributed by atoms with E-state index in [9.17, 15) is 22.8 Å². The SMILES string of the molecule is COc1ccc2c(O[C@H]3C[C@H]4C(=O)N(C)CCCC/C=C\[C@@H]5C[C@@]5(C(=O)NS(=O)(=O)C5(C)CC5)NC(=O)N4C3)cc(C3NC(C(C)C)CS3)nc2c1F. The zero-order chi connectivity index (χ0) is 37.9. The average molecular weight is 773 g/mol. The molecule has 1 aromatic carbocycles. The van der Waals surface area contributed by atoms with Crippen LogP contribution in [0.2, 0.25) is 0 Å². The van der Waals surface area contributed by atoms with Crippen LogP contribution in [0, 0.1) is 17.7 Å². The van der Waals surface area contributed by atoms with E-state index in [1.165, 1.54) is 18.1 Å². The number of amides is 4. The molecule has 4 heterocycles. The summed E-state index contributed by atoms with van der Waals surface area (Å²) in [4.78, 5) is 49.7. The van der Waals surface area contributed by atoms with E-state index in [0.29, 0.717) is 48.6 Å². The highest BCUT2D eigenvalue weighted by molar-refractivity contribution is 7.99. The van der Waals surface area contributed by atoms with Crippen molar-refractivity contribution >= 4 is 50.5 Å². The van der Waals surface area contributed by atoms with Crippen LogP contribution in [0.5, 0.6) is 11.5 Å². The molecule has 0 bridgehead atoms. The van der Waals surface area contributed by atoms with E-state index in [1.807, 2.05) is 12.2 Å². The molecule has 2 unspecified atom stereocenters. The maximum absolute atomic E-state index is 15.8. The molecule has 0 spiro atoms. The van der Waals surface area contributed by atoms with Crippen molar-refractivity contribution in [2.24, 2.45) is 11.8 Å². The van der Waals surface area contributed by atoms with E-state index >= 15 is 4.39 Å². The van der Waals surface area contributed by atoms with Crippen LogP contribution in [0.3, 0.4) is 0 Å². The third kappa shape index (κ3) is 7.18. The van der Waals surface area contributed by atoms with Gasteiger partial charge >= 0.3 is 6.03 Å². The van der Waals surface area contributed by atoms with Crippen LogP contribution in [0.25, 0.3) is 10.9 Å². The highest BCUT2D eigenvalue weighted by Gasteiger charge is 2.63. The molecule has 4 amide bonds. The number of thioether (sulfide) groups is 1. The predicted octanol–water partition coefficient (Wildman–Crippen LogP) is 4.23. The van der Waals surface area contributed by atoms with Gasteiger partial charge in [0.05, 0.1) is 29.5 Å². The second-order valence-electron chi connectivity index (χ2n) is 15.7. The lowest BCUT2D eigenvalue weighted by molar-refractivity contribution is -0.134. The molecular formula is C37H49FN6O7S2. The van der Waals surface area contributed by atoms with Crippen molar-refractivity contribution in [2.75, 3.05) is 33.0 Å². The third-order valence-electron chi connectivity index (χ3n) is 11.5. The van der Waals surface area contributed by atoms with E-state index in [4.69, 9.17) is 14.5 Å². The Hall–Kier alpha value is -3.63. The van der Waals surface area contributed by atoms with E-state index in [2.05, 4.69) is 29.2 Å². The topological polar surface area (TPSA) is 159 Å². The number of halogens is 1. The Balaban J connectivity index is 1.19. The highest BCUT2D eigenvalue weighted by atomic mass is 32.2. The summed E-state index contributed by atoms with van der Waals surface area (Å²) in [6.07, 6.45) is 6.70. The monoisotopic (exact) mass is 772 g/mol. The molecule has 7 rings (SSSR count). The summed E-state index contributed by atoms with van der Waals surface area (Å²) in [6, 6.07) is 3.67. The number of nitrogens with one attached hydrogen (secondary N) is 3. The fourth-order valence-electron chi connectivity index (χ4n) is 7.45. The third-order valence-corrected chi connectivity index (χ3v) is 14.9. The van der Waals surface area contributed by atoms with Crippen LogP contribution in [-0.4, -0.2) is 103 Å². The molecule has 3 aliphatic heterocycles. The van der Waals surface area contributed by atoms with Gasteiger partial charge in [0.1, 0.15) is 29.0 Å². The molecule has 13 nitrogen and oxygen atoms in total. The predicted molar refractivity (Wildman–Crippen MR) is 199 cm³/mol. The summed E-state index contributed by atoms with van der Waals surface area (Å²) in [5.41, 5.74) is -0.802. The number of rotatable bonds is 8. The van der Waals surface area contributed by atoms with Crippen molar-refractivity contribution in [2.45, 2.75) is 99.6 Å².